The average molecular weight is 241 g/mol. The van der Waals surface area contributed by atoms with E-state index in [1.165, 1.54) is 0 Å². The molecule has 0 unspecified atom stereocenters. The number of carbonyl (C=O) groups excluding carboxylic acids is 2. The summed E-state index contributed by atoms with van der Waals surface area (Å²) in [6.07, 6.45) is 2.74. The normalized spacial score (nSPS) is 25.5. The summed E-state index contributed by atoms with van der Waals surface area (Å²) in [7, 11) is 0. The third-order valence-corrected chi connectivity index (χ3v) is 2.92. The van der Waals surface area contributed by atoms with Crippen molar-refractivity contribution in [3.63, 3.8) is 0 Å². The van der Waals surface area contributed by atoms with Crippen LogP contribution in [-0.4, -0.2) is 24.0 Å². The van der Waals surface area contributed by atoms with Crippen LogP contribution in [0.25, 0.3) is 0 Å². The minimum absolute atomic E-state index is 0.105. The van der Waals surface area contributed by atoms with E-state index in [-0.39, 0.29) is 5.41 Å². The van der Waals surface area contributed by atoms with Crippen molar-refractivity contribution >= 4 is 11.9 Å². The summed E-state index contributed by atoms with van der Waals surface area (Å²) < 4.78 is 5.17. The van der Waals surface area contributed by atoms with E-state index in [0.717, 1.165) is 12.8 Å². The van der Waals surface area contributed by atoms with E-state index in [1.54, 1.807) is 0 Å². The van der Waals surface area contributed by atoms with Crippen molar-refractivity contribution in [1.82, 2.24) is 5.32 Å². The minimum Gasteiger partial charge on any atom is -0.444 e. The molecule has 1 saturated carbocycles. The van der Waals surface area contributed by atoms with Gasteiger partial charge in [-0.05, 0) is 39.0 Å². The number of hydrogen-bond acceptors (Lipinski definition) is 3. The van der Waals surface area contributed by atoms with Crippen LogP contribution in [0.15, 0.2) is 0 Å². The molecule has 98 valence electrons. The van der Waals surface area contributed by atoms with Gasteiger partial charge in [-0.25, -0.2) is 4.79 Å². The van der Waals surface area contributed by atoms with Gasteiger partial charge in [0.25, 0.3) is 0 Å². The summed E-state index contributed by atoms with van der Waals surface area (Å²) in [5.74, 6) is 0.296. The molecule has 1 rings (SSSR count). The fourth-order valence-corrected chi connectivity index (χ4v) is 2.12. The summed E-state index contributed by atoms with van der Waals surface area (Å²) in [5, 5.41) is 2.76. The van der Waals surface area contributed by atoms with E-state index in [1.807, 2.05) is 27.7 Å². The SMILES string of the molecule is CC(C)(C)OC(=O)NC[C@]1(C)CCCC(=O)C1. The monoisotopic (exact) mass is 241 g/mol. The molecule has 0 saturated heterocycles. The van der Waals surface area contributed by atoms with Gasteiger partial charge in [-0.3, -0.25) is 4.79 Å². The first-order chi connectivity index (χ1) is 7.70. The van der Waals surface area contributed by atoms with E-state index in [9.17, 15) is 9.59 Å². The summed E-state index contributed by atoms with van der Waals surface area (Å²) in [5.41, 5.74) is -0.584. The van der Waals surface area contributed by atoms with Crippen LogP contribution in [0.3, 0.4) is 0 Å². The molecule has 0 aromatic rings. The van der Waals surface area contributed by atoms with Crippen LogP contribution in [0.4, 0.5) is 4.79 Å². The number of ether oxygens (including phenoxy) is 1. The molecule has 4 nitrogen and oxygen atoms in total. The molecule has 0 bridgehead atoms. The maximum absolute atomic E-state index is 11.5. The molecule has 0 spiro atoms. The summed E-state index contributed by atoms with van der Waals surface area (Å²) in [6.45, 7) is 8.05. The van der Waals surface area contributed by atoms with E-state index in [2.05, 4.69) is 5.32 Å². The topological polar surface area (TPSA) is 55.4 Å². The van der Waals surface area contributed by atoms with Gasteiger partial charge in [0.1, 0.15) is 11.4 Å². The molecule has 1 aliphatic carbocycles. The largest absolute Gasteiger partial charge is 0.444 e. The molecule has 0 heterocycles. The van der Waals surface area contributed by atoms with E-state index >= 15 is 0 Å². The number of carbonyl (C=O) groups is 2. The lowest BCUT2D eigenvalue weighted by molar-refractivity contribution is -0.123. The molecule has 1 atom stereocenters. The third-order valence-electron chi connectivity index (χ3n) is 2.92. The zero-order chi connectivity index (χ0) is 13.1. The van der Waals surface area contributed by atoms with Gasteiger partial charge >= 0.3 is 6.09 Å². The second kappa shape index (κ2) is 5.07. The lowest BCUT2D eigenvalue weighted by Gasteiger charge is -2.33. The Morgan fingerprint density at radius 2 is 2.12 bits per heavy atom. The Morgan fingerprint density at radius 1 is 1.47 bits per heavy atom. The molecule has 4 heteroatoms. The number of hydrogen-bond donors (Lipinski definition) is 1. The highest BCUT2D eigenvalue weighted by molar-refractivity contribution is 5.80. The Kier molecular flexibility index (Phi) is 4.17. The molecule has 0 radical (unpaired) electrons. The Morgan fingerprint density at radius 3 is 2.65 bits per heavy atom. The molecule has 17 heavy (non-hydrogen) atoms. The number of amides is 1. The van der Waals surface area contributed by atoms with Crippen LogP contribution >= 0.6 is 0 Å². The van der Waals surface area contributed by atoms with Gasteiger partial charge < -0.3 is 10.1 Å². The standard InChI is InChI=1S/C13H23NO3/c1-12(2,3)17-11(16)14-9-13(4)7-5-6-10(15)8-13/h5-9H2,1-4H3,(H,14,16)/t13-/m1/s1. The predicted octanol–water partition coefficient (Wildman–Crippen LogP) is 2.66. The lowest BCUT2D eigenvalue weighted by atomic mass is 9.75. The first-order valence-corrected chi connectivity index (χ1v) is 6.19. The maximum atomic E-state index is 11.5. The Hall–Kier alpha value is -1.06. The van der Waals surface area contributed by atoms with Gasteiger partial charge in [-0.1, -0.05) is 6.92 Å². The predicted molar refractivity (Wildman–Crippen MR) is 65.8 cm³/mol. The number of Topliss-reactive ketones (excluding diaryl/α,β-unsaturated/α-hetero) is 1. The third kappa shape index (κ3) is 5.20. The van der Waals surface area contributed by atoms with Crippen molar-refractivity contribution in [1.29, 1.82) is 0 Å². The van der Waals surface area contributed by atoms with Crippen LogP contribution in [0, 0.1) is 5.41 Å². The zero-order valence-corrected chi connectivity index (χ0v) is 11.3. The zero-order valence-electron chi connectivity index (χ0n) is 11.3. The van der Waals surface area contributed by atoms with Gasteiger partial charge in [0, 0.05) is 19.4 Å². The van der Waals surface area contributed by atoms with E-state index < -0.39 is 11.7 Å². The van der Waals surface area contributed by atoms with E-state index in [0.29, 0.717) is 25.2 Å². The molecule has 1 amide bonds. The van der Waals surface area contributed by atoms with Crippen molar-refractivity contribution < 1.29 is 14.3 Å². The molecular weight excluding hydrogens is 218 g/mol. The first kappa shape index (κ1) is 14.0. The number of nitrogens with one attached hydrogen (secondary N) is 1. The smallest absolute Gasteiger partial charge is 0.407 e. The minimum atomic E-state index is -0.479. The highest BCUT2D eigenvalue weighted by Crippen LogP contribution is 2.33. The Labute approximate surface area is 103 Å². The quantitative estimate of drug-likeness (QED) is 0.808. The van der Waals surface area contributed by atoms with Gasteiger partial charge in [-0.15, -0.1) is 0 Å². The van der Waals surface area contributed by atoms with Crippen molar-refractivity contribution in [2.24, 2.45) is 5.41 Å². The van der Waals surface area contributed by atoms with Crippen LogP contribution in [0.1, 0.15) is 53.4 Å². The Balaban J connectivity index is 2.39. The molecular formula is C13H23NO3. The van der Waals surface area contributed by atoms with Gasteiger partial charge in [0.2, 0.25) is 0 Å². The number of rotatable bonds is 2. The van der Waals surface area contributed by atoms with Crippen LogP contribution in [0.2, 0.25) is 0 Å². The fraction of sp³-hybridized carbons (Fsp3) is 0.846. The molecule has 0 aromatic heterocycles. The van der Waals surface area contributed by atoms with Gasteiger partial charge in [0.15, 0.2) is 0 Å². The Bertz CT molecular complexity index is 306. The average Bonchev–Trinajstić information content (AvgIpc) is 2.12. The summed E-state index contributed by atoms with van der Waals surface area (Å²) in [4.78, 5) is 22.9. The summed E-state index contributed by atoms with van der Waals surface area (Å²) in [6, 6.07) is 0. The van der Waals surface area contributed by atoms with Crippen LogP contribution in [-0.2, 0) is 9.53 Å². The first-order valence-electron chi connectivity index (χ1n) is 6.19. The van der Waals surface area contributed by atoms with Crippen molar-refractivity contribution in [3.8, 4) is 0 Å². The highest BCUT2D eigenvalue weighted by atomic mass is 16.6. The fourth-order valence-electron chi connectivity index (χ4n) is 2.12. The molecule has 1 N–H and O–H groups in total. The van der Waals surface area contributed by atoms with Gasteiger partial charge in [0.05, 0.1) is 0 Å². The summed E-state index contributed by atoms with van der Waals surface area (Å²) >= 11 is 0. The van der Waals surface area contributed by atoms with Crippen molar-refractivity contribution in [2.75, 3.05) is 6.54 Å². The van der Waals surface area contributed by atoms with Crippen LogP contribution < -0.4 is 5.32 Å². The van der Waals surface area contributed by atoms with E-state index in [4.69, 9.17) is 4.74 Å². The highest BCUT2D eigenvalue weighted by Gasteiger charge is 2.31. The number of alkyl carbamates (subject to hydrolysis) is 1. The van der Waals surface area contributed by atoms with Crippen molar-refractivity contribution in [2.45, 2.75) is 59.0 Å². The maximum Gasteiger partial charge on any atom is 0.407 e. The molecule has 0 aromatic carbocycles. The van der Waals surface area contributed by atoms with Crippen LogP contribution in [0.5, 0.6) is 0 Å². The molecule has 0 aliphatic heterocycles. The second-order valence-corrected chi connectivity index (χ2v) is 6.24. The molecule has 1 aliphatic rings. The molecule has 1 fully saturated rings. The van der Waals surface area contributed by atoms with Gasteiger partial charge in [-0.2, -0.15) is 0 Å². The number of ketones is 1. The lowest BCUT2D eigenvalue weighted by Crippen LogP contribution is -2.41. The second-order valence-electron chi connectivity index (χ2n) is 6.24. The van der Waals surface area contributed by atoms with Crippen molar-refractivity contribution in [3.05, 3.63) is 0 Å².